The molecule has 1 atom stereocenters. The van der Waals surface area contributed by atoms with Crippen molar-refractivity contribution in [2.75, 3.05) is 5.32 Å². The standard InChI is InChI=1S/C13H11N3O3S/c1-13(19,12(17)18)7-2-3-9-8(6-7)16-10-11(20-9)15-5-4-14-10/h2-6,19H,1H3,(H,14,16)(H,17,18). The van der Waals surface area contributed by atoms with Gasteiger partial charge < -0.3 is 15.5 Å². The van der Waals surface area contributed by atoms with Gasteiger partial charge in [-0.15, -0.1) is 0 Å². The van der Waals surface area contributed by atoms with Crippen LogP contribution < -0.4 is 5.32 Å². The van der Waals surface area contributed by atoms with Crippen molar-refractivity contribution in [3.63, 3.8) is 0 Å². The molecule has 1 aromatic heterocycles. The lowest BCUT2D eigenvalue weighted by molar-refractivity contribution is -0.157. The van der Waals surface area contributed by atoms with Crippen LogP contribution in [-0.2, 0) is 10.4 Å². The summed E-state index contributed by atoms with van der Waals surface area (Å²) in [5.41, 5.74) is -0.907. The fourth-order valence-electron chi connectivity index (χ4n) is 1.86. The van der Waals surface area contributed by atoms with Crippen LogP contribution >= 0.6 is 11.8 Å². The topological polar surface area (TPSA) is 95.3 Å². The van der Waals surface area contributed by atoms with Gasteiger partial charge in [0.2, 0.25) is 0 Å². The number of carbonyl (C=O) groups is 1. The zero-order valence-corrected chi connectivity index (χ0v) is 11.3. The number of carboxylic acids is 1. The molecule has 2 aromatic rings. The third-order valence-electron chi connectivity index (χ3n) is 3.08. The average Bonchev–Trinajstić information content (AvgIpc) is 2.44. The zero-order valence-electron chi connectivity index (χ0n) is 10.5. The number of carboxylic acid groups (broad SMARTS) is 1. The SMILES string of the molecule is CC(O)(C(=O)O)c1ccc2c(c1)Nc1nccnc1S2. The van der Waals surface area contributed by atoms with Crippen LogP contribution in [0.2, 0.25) is 0 Å². The van der Waals surface area contributed by atoms with Crippen molar-refractivity contribution in [3.05, 3.63) is 36.2 Å². The highest BCUT2D eigenvalue weighted by molar-refractivity contribution is 7.99. The fraction of sp³-hybridized carbons (Fsp3) is 0.154. The summed E-state index contributed by atoms with van der Waals surface area (Å²) in [4.78, 5) is 20.4. The molecule has 20 heavy (non-hydrogen) atoms. The third-order valence-corrected chi connectivity index (χ3v) is 4.15. The van der Waals surface area contributed by atoms with Crippen molar-refractivity contribution < 1.29 is 15.0 Å². The minimum atomic E-state index is -1.93. The number of hydrogen-bond donors (Lipinski definition) is 3. The molecule has 6 nitrogen and oxygen atoms in total. The van der Waals surface area contributed by atoms with Crippen LogP contribution in [0.1, 0.15) is 12.5 Å². The van der Waals surface area contributed by atoms with E-state index in [-0.39, 0.29) is 0 Å². The van der Waals surface area contributed by atoms with Gasteiger partial charge >= 0.3 is 5.97 Å². The van der Waals surface area contributed by atoms with Gasteiger partial charge in [-0.05, 0) is 24.6 Å². The first kappa shape index (κ1) is 12.9. The first-order valence-corrected chi connectivity index (χ1v) is 6.66. The van der Waals surface area contributed by atoms with E-state index in [4.69, 9.17) is 5.11 Å². The van der Waals surface area contributed by atoms with E-state index in [1.165, 1.54) is 18.7 Å². The molecular weight excluding hydrogens is 278 g/mol. The summed E-state index contributed by atoms with van der Waals surface area (Å²) in [6.45, 7) is 1.25. The highest BCUT2D eigenvalue weighted by atomic mass is 32.2. The Bertz CT molecular complexity index is 703. The Morgan fingerprint density at radius 1 is 1.35 bits per heavy atom. The predicted molar refractivity (Wildman–Crippen MR) is 73.1 cm³/mol. The molecule has 0 aliphatic carbocycles. The van der Waals surface area contributed by atoms with E-state index in [0.29, 0.717) is 17.1 Å². The maximum absolute atomic E-state index is 11.1. The number of anilines is 2. The molecule has 1 aliphatic heterocycles. The highest BCUT2D eigenvalue weighted by Crippen LogP contribution is 2.43. The fourth-order valence-corrected chi connectivity index (χ4v) is 2.74. The first-order valence-electron chi connectivity index (χ1n) is 5.84. The monoisotopic (exact) mass is 289 g/mol. The van der Waals surface area contributed by atoms with Gasteiger partial charge in [-0.3, -0.25) is 0 Å². The summed E-state index contributed by atoms with van der Waals surface area (Å²) in [6, 6.07) is 4.98. The molecule has 2 heterocycles. The van der Waals surface area contributed by atoms with Crippen molar-refractivity contribution in [1.29, 1.82) is 0 Å². The van der Waals surface area contributed by atoms with Gasteiger partial charge in [0.1, 0.15) is 5.03 Å². The van der Waals surface area contributed by atoms with E-state index in [1.54, 1.807) is 30.6 Å². The number of hydrogen-bond acceptors (Lipinski definition) is 6. The Hall–Kier alpha value is -2.12. The molecule has 1 unspecified atom stereocenters. The van der Waals surface area contributed by atoms with E-state index < -0.39 is 11.6 Å². The van der Waals surface area contributed by atoms with Crippen LogP contribution in [0, 0.1) is 0 Å². The van der Waals surface area contributed by atoms with Crippen LogP contribution in [0.5, 0.6) is 0 Å². The lowest BCUT2D eigenvalue weighted by Crippen LogP contribution is -2.31. The van der Waals surface area contributed by atoms with Gasteiger partial charge in [-0.2, -0.15) is 0 Å². The van der Waals surface area contributed by atoms with Crippen LogP contribution in [0.4, 0.5) is 11.5 Å². The lowest BCUT2D eigenvalue weighted by Gasteiger charge is -2.23. The smallest absolute Gasteiger partial charge is 0.340 e. The lowest BCUT2D eigenvalue weighted by atomic mass is 9.96. The molecule has 3 rings (SSSR count). The first-order chi connectivity index (χ1) is 9.48. The molecule has 102 valence electrons. The van der Waals surface area contributed by atoms with E-state index in [1.807, 2.05) is 0 Å². The quantitative estimate of drug-likeness (QED) is 0.664. The molecule has 0 amide bonds. The minimum Gasteiger partial charge on any atom is -0.479 e. The molecule has 3 N–H and O–H groups in total. The highest BCUT2D eigenvalue weighted by Gasteiger charge is 2.33. The molecule has 0 spiro atoms. The average molecular weight is 289 g/mol. The second-order valence-corrected chi connectivity index (χ2v) is 5.56. The number of aromatic nitrogens is 2. The molecule has 1 aromatic carbocycles. The van der Waals surface area contributed by atoms with Gasteiger partial charge in [0.25, 0.3) is 0 Å². The largest absolute Gasteiger partial charge is 0.479 e. The number of nitrogens with zero attached hydrogens (tertiary/aromatic N) is 2. The molecular formula is C13H11N3O3S. The van der Waals surface area contributed by atoms with Crippen molar-refractivity contribution in [2.45, 2.75) is 22.4 Å². The normalized spacial score (nSPS) is 15.5. The van der Waals surface area contributed by atoms with Gasteiger partial charge in [-0.1, -0.05) is 17.8 Å². The zero-order chi connectivity index (χ0) is 14.3. The number of benzene rings is 1. The Kier molecular flexibility index (Phi) is 2.88. The second kappa shape index (κ2) is 4.46. The van der Waals surface area contributed by atoms with Gasteiger partial charge in [-0.25, -0.2) is 14.8 Å². The molecule has 0 bridgehead atoms. The molecule has 0 fully saturated rings. The number of aliphatic hydroxyl groups is 1. The van der Waals surface area contributed by atoms with E-state index >= 15 is 0 Å². The maximum Gasteiger partial charge on any atom is 0.340 e. The van der Waals surface area contributed by atoms with Crippen molar-refractivity contribution in [1.82, 2.24) is 9.97 Å². The number of rotatable bonds is 2. The molecule has 1 aliphatic rings. The maximum atomic E-state index is 11.1. The number of fused-ring (bicyclic) bond motifs is 2. The number of nitrogens with one attached hydrogen (secondary N) is 1. The van der Waals surface area contributed by atoms with Crippen molar-refractivity contribution >= 4 is 29.2 Å². The molecule has 0 saturated heterocycles. The Balaban J connectivity index is 2.02. The third kappa shape index (κ3) is 2.00. The van der Waals surface area contributed by atoms with Crippen LogP contribution in [0.15, 0.2) is 40.5 Å². The number of aliphatic carboxylic acids is 1. The molecule has 7 heteroatoms. The predicted octanol–water partition coefficient (Wildman–Crippen LogP) is 1.98. The van der Waals surface area contributed by atoms with Gasteiger partial charge in [0, 0.05) is 17.3 Å². The van der Waals surface area contributed by atoms with E-state index in [9.17, 15) is 9.90 Å². The Labute approximate surface area is 118 Å². The Morgan fingerprint density at radius 2 is 2.10 bits per heavy atom. The van der Waals surface area contributed by atoms with Crippen LogP contribution in [0.3, 0.4) is 0 Å². The molecule has 0 saturated carbocycles. The van der Waals surface area contributed by atoms with Crippen LogP contribution in [0.25, 0.3) is 0 Å². The molecule has 0 radical (unpaired) electrons. The van der Waals surface area contributed by atoms with E-state index in [2.05, 4.69) is 15.3 Å². The summed E-state index contributed by atoms with van der Waals surface area (Å²) >= 11 is 1.45. The van der Waals surface area contributed by atoms with Crippen molar-refractivity contribution in [2.24, 2.45) is 0 Å². The van der Waals surface area contributed by atoms with Gasteiger partial charge in [0.05, 0.1) is 5.69 Å². The van der Waals surface area contributed by atoms with Crippen molar-refractivity contribution in [3.8, 4) is 0 Å². The minimum absolute atomic E-state index is 0.309. The Morgan fingerprint density at radius 3 is 2.85 bits per heavy atom. The summed E-state index contributed by atoms with van der Waals surface area (Å²) in [7, 11) is 0. The van der Waals surface area contributed by atoms with E-state index in [0.717, 1.165) is 9.92 Å². The van der Waals surface area contributed by atoms with Gasteiger partial charge in [0.15, 0.2) is 11.4 Å². The second-order valence-electron chi connectivity index (χ2n) is 4.53. The summed E-state index contributed by atoms with van der Waals surface area (Å²) in [6.07, 6.45) is 3.19. The summed E-state index contributed by atoms with van der Waals surface area (Å²) < 4.78 is 0. The summed E-state index contributed by atoms with van der Waals surface area (Å²) in [5.74, 6) is -0.668. The summed E-state index contributed by atoms with van der Waals surface area (Å²) in [5, 5.41) is 22.9. The van der Waals surface area contributed by atoms with Crippen LogP contribution in [-0.4, -0.2) is 26.2 Å².